The maximum Gasteiger partial charge on any atom is 0.250 e. The van der Waals surface area contributed by atoms with Gasteiger partial charge in [-0.25, -0.2) is 10.4 Å². The zero-order valence-electron chi connectivity index (χ0n) is 19.7. The predicted octanol–water partition coefficient (Wildman–Crippen LogP) is 4.35. The minimum absolute atomic E-state index is 0.165. The molecule has 0 spiro atoms. The zero-order chi connectivity index (χ0) is 24.6. The van der Waals surface area contributed by atoms with Gasteiger partial charge in [-0.15, -0.1) is 0 Å². The third-order valence-electron chi connectivity index (χ3n) is 5.26. The lowest BCUT2D eigenvalue weighted by atomic mass is 10.2. The third kappa shape index (κ3) is 5.75. The van der Waals surface area contributed by atoms with Crippen molar-refractivity contribution in [2.45, 2.75) is 11.7 Å². The molecule has 1 amide bonds. The van der Waals surface area contributed by atoms with Gasteiger partial charge in [-0.05, 0) is 23.8 Å². The maximum atomic E-state index is 12.5. The lowest BCUT2D eigenvalue weighted by Crippen LogP contribution is -2.20. The largest absolute Gasteiger partial charge is 0.496 e. The molecule has 35 heavy (non-hydrogen) atoms. The lowest BCUT2D eigenvalue weighted by molar-refractivity contribution is -0.118. The summed E-state index contributed by atoms with van der Waals surface area (Å²) in [4.78, 5) is 17.2. The van der Waals surface area contributed by atoms with Gasteiger partial charge in [0.25, 0.3) is 5.91 Å². The van der Waals surface area contributed by atoms with Crippen LogP contribution in [0.5, 0.6) is 17.2 Å². The molecule has 3 aromatic carbocycles. The molecule has 0 aliphatic heterocycles. The number of aromatic nitrogens is 2. The van der Waals surface area contributed by atoms with Crippen molar-refractivity contribution in [3.63, 3.8) is 0 Å². The number of hydrazone groups is 1. The Morgan fingerprint density at radius 1 is 0.971 bits per heavy atom. The second-order valence-corrected chi connectivity index (χ2v) is 8.43. The van der Waals surface area contributed by atoms with Crippen LogP contribution in [0, 0.1) is 0 Å². The molecule has 0 bridgehead atoms. The summed E-state index contributed by atoms with van der Waals surface area (Å²) >= 11 is 1.37. The number of methoxy groups -OCH3 is 3. The van der Waals surface area contributed by atoms with Crippen molar-refractivity contribution >= 4 is 34.9 Å². The van der Waals surface area contributed by atoms with Crippen LogP contribution in [0.25, 0.3) is 11.0 Å². The number of amides is 1. The molecule has 4 aromatic rings. The number of carbonyl (C=O) groups is 1. The van der Waals surface area contributed by atoms with Gasteiger partial charge in [0.2, 0.25) is 0 Å². The second kappa shape index (κ2) is 11.4. The number of imidazole rings is 1. The quantitative estimate of drug-likeness (QED) is 0.202. The minimum Gasteiger partial charge on any atom is -0.496 e. The molecule has 0 fully saturated rings. The van der Waals surface area contributed by atoms with E-state index in [-0.39, 0.29) is 11.7 Å². The van der Waals surface area contributed by atoms with Gasteiger partial charge in [0, 0.05) is 11.6 Å². The molecular weight excluding hydrogens is 464 g/mol. The summed E-state index contributed by atoms with van der Waals surface area (Å²) in [5.74, 6) is 1.54. The number of carbonyl (C=O) groups excluding carboxylic acids is 1. The van der Waals surface area contributed by atoms with E-state index >= 15 is 0 Å². The van der Waals surface area contributed by atoms with Crippen LogP contribution in [0.2, 0.25) is 0 Å². The standard InChI is InChI=1S/C26H26N4O4S/c1-32-22-14-24(34-3)23(33-2)13-19(22)15-27-29-25(31)17-35-26-28-20-11-7-8-12-21(20)30(26)16-18-9-5-4-6-10-18/h4-15H,16-17H2,1-3H3,(H,29,31)/b27-15+. The molecule has 4 rings (SSSR count). The van der Waals surface area contributed by atoms with Crippen molar-refractivity contribution < 1.29 is 19.0 Å². The van der Waals surface area contributed by atoms with Gasteiger partial charge in [0.05, 0.1) is 50.9 Å². The number of nitrogens with zero attached hydrogens (tertiary/aromatic N) is 3. The maximum absolute atomic E-state index is 12.5. The van der Waals surface area contributed by atoms with E-state index in [1.165, 1.54) is 18.0 Å². The lowest BCUT2D eigenvalue weighted by Gasteiger charge is -2.11. The van der Waals surface area contributed by atoms with Crippen molar-refractivity contribution in [1.82, 2.24) is 15.0 Å². The highest BCUT2D eigenvalue weighted by Crippen LogP contribution is 2.33. The number of benzene rings is 3. The highest BCUT2D eigenvalue weighted by molar-refractivity contribution is 7.99. The number of nitrogens with one attached hydrogen (secondary N) is 1. The third-order valence-corrected chi connectivity index (χ3v) is 6.24. The van der Waals surface area contributed by atoms with Crippen LogP contribution >= 0.6 is 11.8 Å². The molecule has 1 heterocycles. The van der Waals surface area contributed by atoms with Gasteiger partial charge in [-0.1, -0.05) is 54.2 Å². The van der Waals surface area contributed by atoms with E-state index in [0.29, 0.717) is 29.4 Å². The Morgan fingerprint density at radius 3 is 2.40 bits per heavy atom. The van der Waals surface area contributed by atoms with Crippen LogP contribution in [0.15, 0.2) is 77.0 Å². The Kier molecular flexibility index (Phi) is 7.89. The Morgan fingerprint density at radius 2 is 1.66 bits per heavy atom. The van der Waals surface area contributed by atoms with Crippen LogP contribution in [0.3, 0.4) is 0 Å². The second-order valence-electron chi connectivity index (χ2n) is 7.49. The van der Waals surface area contributed by atoms with E-state index in [2.05, 4.69) is 27.2 Å². The summed E-state index contributed by atoms with van der Waals surface area (Å²) < 4.78 is 18.1. The highest BCUT2D eigenvalue weighted by Gasteiger charge is 2.14. The molecule has 0 aliphatic rings. The number of ether oxygens (including phenoxy) is 3. The fourth-order valence-electron chi connectivity index (χ4n) is 3.57. The van der Waals surface area contributed by atoms with Gasteiger partial charge in [0.15, 0.2) is 16.7 Å². The first kappa shape index (κ1) is 24.2. The van der Waals surface area contributed by atoms with Crippen LogP contribution in [0.1, 0.15) is 11.1 Å². The first-order valence-corrected chi connectivity index (χ1v) is 11.9. The van der Waals surface area contributed by atoms with Crippen molar-refractivity contribution in [3.8, 4) is 17.2 Å². The SMILES string of the molecule is COc1cc(OC)c(OC)cc1/C=N/NC(=O)CSc1nc2ccccc2n1Cc1ccccc1. The minimum atomic E-state index is -0.246. The normalized spacial score (nSPS) is 11.1. The van der Waals surface area contributed by atoms with Crippen LogP contribution in [-0.4, -0.2) is 48.8 Å². The smallest absolute Gasteiger partial charge is 0.250 e. The first-order chi connectivity index (χ1) is 17.1. The van der Waals surface area contributed by atoms with Crippen molar-refractivity contribution in [3.05, 3.63) is 77.9 Å². The summed E-state index contributed by atoms with van der Waals surface area (Å²) in [6, 6.07) is 21.6. The fourth-order valence-corrected chi connectivity index (χ4v) is 4.38. The van der Waals surface area contributed by atoms with Gasteiger partial charge in [-0.2, -0.15) is 5.10 Å². The molecule has 0 saturated carbocycles. The molecule has 0 saturated heterocycles. The van der Waals surface area contributed by atoms with Crippen molar-refractivity contribution in [2.24, 2.45) is 5.10 Å². The monoisotopic (exact) mass is 490 g/mol. The van der Waals surface area contributed by atoms with E-state index in [0.717, 1.165) is 21.8 Å². The molecule has 0 radical (unpaired) electrons. The molecule has 8 nitrogen and oxygen atoms in total. The Hall–Kier alpha value is -3.98. The van der Waals surface area contributed by atoms with E-state index in [4.69, 9.17) is 19.2 Å². The van der Waals surface area contributed by atoms with E-state index in [1.54, 1.807) is 33.5 Å². The van der Waals surface area contributed by atoms with Gasteiger partial charge < -0.3 is 18.8 Å². The van der Waals surface area contributed by atoms with Gasteiger partial charge in [-0.3, -0.25) is 4.79 Å². The number of hydrogen-bond acceptors (Lipinski definition) is 7. The summed E-state index contributed by atoms with van der Waals surface area (Å²) in [6.45, 7) is 0.669. The Bertz CT molecular complexity index is 1340. The molecule has 0 unspecified atom stereocenters. The average Bonchev–Trinajstić information content (AvgIpc) is 3.24. The van der Waals surface area contributed by atoms with Crippen molar-refractivity contribution in [2.75, 3.05) is 27.1 Å². The summed E-state index contributed by atoms with van der Waals surface area (Å²) in [6.07, 6.45) is 1.51. The zero-order valence-corrected chi connectivity index (χ0v) is 20.5. The molecular formula is C26H26N4O4S. The highest BCUT2D eigenvalue weighted by atomic mass is 32.2. The Labute approximate surface area is 207 Å². The summed E-state index contributed by atoms with van der Waals surface area (Å²) in [5, 5.41) is 4.86. The number of fused-ring (bicyclic) bond motifs is 1. The van der Waals surface area contributed by atoms with Crippen LogP contribution in [0.4, 0.5) is 0 Å². The number of thioether (sulfide) groups is 1. The van der Waals surface area contributed by atoms with Gasteiger partial charge >= 0.3 is 0 Å². The molecule has 9 heteroatoms. The number of para-hydroxylation sites is 2. The van der Waals surface area contributed by atoms with Gasteiger partial charge in [0.1, 0.15) is 5.75 Å². The van der Waals surface area contributed by atoms with E-state index in [9.17, 15) is 4.79 Å². The number of rotatable bonds is 10. The van der Waals surface area contributed by atoms with E-state index < -0.39 is 0 Å². The molecule has 180 valence electrons. The topological polar surface area (TPSA) is 87.0 Å². The molecule has 0 aliphatic carbocycles. The van der Waals surface area contributed by atoms with E-state index in [1.807, 2.05) is 42.5 Å². The van der Waals surface area contributed by atoms with Crippen molar-refractivity contribution in [1.29, 1.82) is 0 Å². The molecule has 0 atom stereocenters. The average molecular weight is 491 g/mol. The van der Waals surface area contributed by atoms with Crippen LogP contribution in [-0.2, 0) is 11.3 Å². The fraction of sp³-hybridized carbons (Fsp3) is 0.192. The first-order valence-electron chi connectivity index (χ1n) is 10.9. The predicted molar refractivity (Wildman–Crippen MR) is 138 cm³/mol. The molecule has 1 aromatic heterocycles. The molecule has 1 N–H and O–H groups in total. The Balaban J connectivity index is 1.44. The number of hydrogen-bond donors (Lipinski definition) is 1. The van der Waals surface area contributed by atoms with Crippen LogP contribution < -0.4 is 19.6 Å². The summed E-state index contributed by atoms with van der Waals surface area (Å²) in [5.41, 5.74) is 6.29. The summed E-state index contributed by atoms with van der Waals surface area (Å²) in [7, 11) is 4.65.